The Morgan fingerprint density at radius 3 is 2.35 bits per heavy atom. The summed E-state index contributed by atoms with van der Waals surface area (Å²) in [6.45, 7) is 0. The van der Waals surface area contributed by atoms with E-state index >= 15 is 0 Å². The Morgan fingerprint density at radius 2 is 1.71 bits per heavy atom. The van der Waals surface area contributed by atoms with Gasteiger partial charge in [-0.25, -0.2) is 4.79 Å². The summed E-state index contributed by atoms with van der Waals surface area (Å²) in [4.78, 5) is 10.8. The third kappa shape index (κ3) is 2.20. The molecule has 17 heavy (non-hydrogen) atoms. The van der Waals surface area contributed by atoms with Gasteiger partial charge in [-0.1, -0.05) is 18.2 Å². The Bertz CT molecular complexity index is 575. The van der Waals surface area contributed by atoms with Crippen molar-refractivity contribution in [2.75, 3.05) is 0 Å². The van der Waals surface area contributed by atoms with Crippen LogP contribution in [0.3, 0.4) is 0 Å². The second kappa shape index (κ2) is 4.17. The lowest BCUT2D eigenvalue weighted by molar-refractivity contribution is 0.0696. The van der Waals surface area contributed by atoms with Gasteiger partial charge in [0.05, 0.1) is 5.56 Å². The molecule has 0 aliphatic carbocycles. The van der Waals surface area contributed by atoms with E-state index in [1.165, 1.54) is 18.2 Å². The predicted octanol–water partition coefficient (Wildman–Crippen LogP) is 2.46. The molecule has 0 radical (unpaired) electrons. The van der Waals surface area contributed by atoms with Crippen LogP contribution in [0.25, 0.3) is 11.1 Å². The first-order valence-electron chi connectivity index (χ1n) is 4.93. The third-order valence-electron chi connectivity index (χ3n) is 2.38. The highest BCUT2D eigenvalue weighted by Gasteiger charge is 2.10. The smallest absolute Gasteiger partial charge is 0.335 e. The zero-order valence-electron chi connectivity index (χ0n) is 8.79. The van der Waals surface area contributed by atoms with E-state index in [-0.39, 0.29) is 17.1 Å². The van der Waals surface area contributed by atoms with Crippen LogP contribution in [0, 0.1) is 0 Å². The highest BCUT2D eigenvalue weighted by atomic mass is 16.4. The lowest BCUT2D eigenvalue weighted by Gasteiger charge is -2.06. The van der Waals surface area contributed by atoms with Crippen molar-refractivity contribution in [3.8, 4) is 22.6 Å². The molecule has 2 aromatic rings. The van der Waals surface area contributed by atoms with Gasteiger partial charge in [0.2, 0.25) is 0 Å². The number of carboxylic acids is 1. The molecule has 0 amide bonds. The van der Waals surface area contributed by atoms with Gasteiger partial charge >= 0.3 is 5.97 Å². The minimum absolute atomic E-state index is 0.0248. The van der Waals surface area contributed by atoms with Crippen LogP contribution in [0.4, 0.5) is 0 Å². The van der Waals surface area contributed by atoms with Crippen LogP contribution in [0.5, 0.6) is 11.5 Å². The van der Waals surface area contributed by atoms with Gasteiger partial charge < -0.3 is 15.3 Å². The van der Waals surface area contributed by atoms with Crippen LogP contribution in [0.2, 0.25) is 0 Å². The fourth-order valence-electron chi connectivity index (χ4n) is 1.61. The molecule has 0 spiro atoms. The summed E-state index contributed by atoms with van der Waals surface area (Å²) in [5.41, 5.74) is 0.912. The van der Waals surface area contributed by atoms with Gasteiger partial charge in [0.15, 0.2) is 0 Å². The fourth-order valence-corrected chi connectivity index (χ4v) is 1.61. The van der Waals surface area contributed by atoms with Gasteiger partial charge in [0, 0.05) is 5.56 Å². The SMILES string of the molecule is O=C(O)c1cc(O)cc(-c2ccccc2O)c1. The average Bonchev–Trinajstić information content (AvgIpc) is 2.28. The maximum atomic E-state index is 10.8. The minimum atomic E-state index is -1.13. The summed E-state index contributed by atoms with van der Waals surface area (Å²) < 4.78 is 0. The molecular formula is C13H10O4. The van der Waals surface area contributed by atoms with Crippen LogP contribution in [0.15, 0.2) is 42.5 Å². The molecule has 0 bridgehead atoms. The number of rotatable bonds is 2. The first-order chi connectivity index (χ1) is 8.08. The Kier molecular flexibility index (Phi) is 2.70. The van der Waals surface area contributed by atoms with Crippen LogP contribution >= 0.6 is 0 Å². The number of para-hydroxylation sites is 1. The molecule has 0 atom stereocenters. The van der Waals surface area contributed by atoms with Gasteiger partial charge in [-0.2, -0.15) is 0 Å². The highest BCUT2D eigenvalue weighted by molar-refractivity contribution is 5.90. The van der Waals surface area contributed by atoms with Crippen molar-refractivity contribution in [3.63, 3.8) is 0 Å². The molecule has 2 aromatic carbocycles. The van der Waals surface area contributed by atoms with E-state index in [4.69, 9.17) is 5.11 Å². The molecular weight excluding hydrogens is 220 g/mol. The highest BCUT2D eigenvalue weighted by Crippen LogP contribution is 2.31. The van der Waals surface area contributed by atoms with E-state index in [0.717, 1.165) is 6.07 Å². The number of aromatic carboxylic acids is 1. The van der Waals surface area contributed by atoms with Crippen molar-refractivity contribution in [2.45, 2.75) is 0 Å². The standard InChI is InChI=1S/C13H10O4/c14-10-6-8(5-9(7-10)13(16)17)11-3-1-2-4-12(11)15/h1-7,14-15H,(H,16,17). The van der Waals surface area contributed by atoms with E-state index in [1.54, 1.807) is 18.2 Å². The molecule has 0 fully saturated rings. The number of aromatic hydroxyl groups is 2. The summed E-state index contributed by atoms with van der Waals surface area (Å²) in [5.74, 6) is -1.24. The predicted molar refractivity (Wildman–Crippen MR) is 62.2 cm³/mol. The summed E-state index contributed by atoms with van der Waals surface area (Å²) >= 11 is 0. The Balaban J connectivity index is 2.60. The maximum Gasteiger partial charge on any atom is 0.335 e. The molecule has 0 aromatic heterocycles. The number of carbonyl (C=O) groups is 1. The van der Waals surface area contributed by atoms with Crippen LogP contribution < -0.4 is 0 Å². The second-order valence-electron chi connectivity index (χ2n) is 3.59. The third-order valence-corrected chi connectivity index (χ3v) is 2.38. The van der Waals surface area contributed by atoms with Crippen molar-refractivity contribution in [1.82, 2.24) is 0 Å². The van der Waals surface area contributed by atoms with Crippen LogP contribution in [-0.2, 0) is 0 Å². The molecule has 2 rings (SSSR count). The van der Waals surface area contributed by atoms with Crippen molar-refractivity contribution < 1.29 is 20.1 Å². The van der Waals surface area contributed by atoms with E-state index in [0.29, 0.717) is 11.1 Å². The number of benzene rings is 2. The summed E-state index contributed by atoms with van der Waals surface area (Å²) in [6, 6.07) is 10.5. The topological polar surface area (TPSA) is 77.8 Å². The monoisotopic (exact) mass is 230 g/mol. The van der Waals surface area contributed by atoms with Crippen LogP contribution in [-0.4, -0.2) is 21.3 Å². The van der Waals surface area contributed by atoms with Gasteiger partial charge in [-0.15, -0.1) is 0 Å². The minimum Gasteiger partial charge on any atom is -0.508 e. The normalized spacial score (nSPS) is 10.1. The molecule has 4 heteroatoms. The van der Waals surface area contributed by atoms with E-state index < -0.39 is 5.97 Å². The van der Waals surface area contributed by atoms with E-state index in [1.807, 2.05) is 0 Å². The quantitative estimate of drug-likeness (QED) is 0.740. The average molecular weight is 230 g/mol. The van der Waals surface area contributed by atoms with Gasteiger partial charge in [-0.3, -0.25) is 0 Å². The van der Waals surface area contributed by atoms with E-state index in [2.05, 4.69) is 0 Å². The number of hydrogen-bond acceptors (Lipinski definition) is 3. The first-order valence-corrected chi connectivity index (χ1v) is 4.93. The zero-order valence-corrected chi connectivity index (χ0v) is 8.79. The molecule has 0 unspecified atom stereocenters. The molecule has 0 saturated carbocycles. The Hall–Kier alpha value is -2.49. The van der Waals surface area contributed by atoms with Crippen molar-refractivity contribution in [2.24, 2.45) is 0 Å². The number of carboxylic acid groups (broad SMARTS) is 1. The zero-order chi connectivity index (χ0) is 12.4. The van der Waals surface area contributed by atoms with E-state index in [9.17, 15) is 15.0 Å². The molecule has 0 aliphatic rings. The van der Waals surface area contributed by atoms with Gasteiger partial charge in [-0.05, 0) is 29.8 Å². The molecule has 0 heterocycles. The lowest BCUT2D eigenvalue weighted by atomic mass is 10.0. The molecule has 0 saturated heterocycles. The second-order valence-corrected chi connectivity index (χ2v) is 3.59. The Labute approximate surface area is 97.4 Å². The van der Waals surface area contributed by atoms with Crippen molar-refractivity contribution in [3.05, 3.63) is 48.0 Å². The summed E-state index contributed by atoms with van der Waals surface area (Å²) in [6.07, 6.45) is 0. The van der Waals surface area contributed by atoms with Crippen LogP contribution in [0.1, 0.15) is 10.4 Å². The van der Waals surface area contributed by atoms with Crippen molar-refractivity contribution >= 4 is 5.97 Å². The number of phenolic OH excluding ortho intramolecular Hbond substituents is 2. The van der Waals surface area contributed by atoms with Gasteiger partial charge in [0.25, 0.3) is 0 Å². The maximum absolute atomic E-state index is 10.8. The Morgan fingerprint density at radius 1 is 1.00 bits per heavy atom. The molecule has 4 nitrogen and oxygen atoms in total. The molecule has 0 aliphatic heterocycles. The van der Waals surface area contributed by atoms with Gasteiger partial charge in [0.1, 0.15) is 11.5 Å². The number of hydrogen-bond donors (Lipinski definition) is 3. The molecule has 86 valence electrons. The molecule has 3 N–H and O–H groups in total. The van der Waals surface area contributed by atoms with Crippen molar-refractivity contribution in [1.29, 1.82) is 0 Å². The fraction of sp³-hybridized carbons (Fsp3) is 0. The summed E-state index contributed by atoms with van der Waals surface area (Å²) in [5, 5.41) is 28.0. The summed E-state index contributed by atoms with van der Waals surface area (Å²) in [7, 11) is 0. The number of phenols is 2. The largest absolute Gasteiger partial charge is 0.508 e. The lowest BCUT2D eigenvalue weighted by Crippen LogP contribution is -1.96. The first kappa shape index (κ1) is 11.0.